The van der Waals surface area contributed by atoms with Crippen molar-refractivity contribution in [2.24, 2.45) is 0 Å². The molecule has 5 nitrogen and oxygen atoms in total. The summed E-state index contributed by atoms with van der Waals surface area (Å²) in [6, 6.07) is 0. The Morgan fingerprint density at radius 1 is 1.50 bits per heavy atom. The Bertz CT molecular complexity index is 255. The SMILES string of the molecule is CC(S)C(=O)OC(C)S(=O)(=O)O. The maximum absolute atomic E-state index is 10.7. The number of ether oxygens (including phenoxy) is 1. The van der Waals surface area contributed by atoms with Gasteiger partial charge in [-0.05, 0) is 13.8 Å². The Balaban J connectivity index is 4.21. The van der Waals surface area contributed by atoms with Gasteiger partial charge in [0, 0.05) is 0 Å². The second-order valence-corrected chi connectivity index (χ2v) is 4.66. The molecular weight excluding hydrogens is 204 g/mol. The minimum absolute atomic E-state index is 0.714. The number of rotatable bonds is 3. The van der Waals surface area contributed by atoms with Crippen LogP contribution in [0.25, 0.3) is 0 Å². The maximum Gasteiger partial charge on any atom is 0.319 e. The van der Waals surface area contributed by atoms with Crippen LogP contribution < -0.4 is 0 Å². The van der Waals surface area contributed by atoms with Crippen LogP contribution in [-0.2, 0) is 19.6 Å². The summed E-state index contributed by atoms with van der Waals surface area (Å²) in [7, 11) is -4.31. The summed E-state index contributed by atoms with van der Waals surface area (Å²) < 4.78 is 33.4. The predicted octanol–water partition coefficient (Wildman–Crippen LogP) is 0.0817. The monoisotopic (exact) mass is 214 g/mol. The molecule has 0 saturated heterocycles. The van der Waals surface area contributed by atoms with E-state index in [0.29, 0.717) is 0 Å². The van der Waals surface area contributed by atoms with Crippen LogP contribution in [0, 0.1) is 0 Å². The highest BCUT2D eigenvalue weighted by atomic mass is 32.2. The third-order valence-corrected chi connectivity index (χ3v) is 2.19. The van der Waals surface area contributed by atoms with E-state index in [-0.39, 0.29) is 0 Å². The van der Waals surface area contributed by atoms with Gasteiger partial charge in [0.15, 0.2) is 0 Å². The van der Waals surface area contributed by atoms with Gasteiger partial charge in [-0.1, -0.05) is 0 Å². The molecule has 0 aliphatic heterocycles. The van der Waals surface area contributed by atoms with Crippen molar-refractivity contribution in [3.05, 3.63) is 0 Å². The van der Waals surface area contributed by atoms with Crippen LogP contribution in [0.2, 0.25) is 0 Å². The normalized spacial score (nSPS) is 16.7. The Kier molecular flexibility index (Phi) is 4.01. The highest BCUT2D eigenvalue weighted by Gasteiger charge is 2.23. The molecule has 0 heterocycles. The fourth-order valence-electron chi connectivity index (χ4n) is 0.323. The quantitative estimate of drug-likeness (QED) is 0.395. The molecule has 0 saturated carbocycles. The van der Waals surface area contributed by atoms with Gasteiger partial charge in [0.1, 0.15) is 0 Å². The van der Waals surface area contributed by atoms with Crippen molar-refractivity contribution in [1.82, 2.24) is 0 Å². The van der Waals surface area contributed by atoms with E-state index in [2.05, 4.69) is 17.4 Å². The van der Waals surface area contributed by atoms with Gasteiger partial charge in [0.2, 0.25) is 5.44 Å². The minimum atomic E-state index is -4.31. The van der Waals surface area contributed by atoms with E-state index < -0.39 is 26.8 Å². The number of carbonyl (C=O) groups is 1. The molecule has 7 heteroatoms. The Morgan fingerprint density at radius 2 is 1.92 bits per heavy atom. The van der Waals surface area contributed by atoms with Crippen LogP contribution in [-0.4, -0.2) is 29.6 Å². The highest BCUT2D eigenvalue weighted by Crippen LogP contribution is 2.04. The minimum Gasteiger partial charge on any atom is -0.443 e. The van der Waals surface area contributed by atoms with Crippen LogP contribution in [0.3, 0.4) is 0 Å². The number of carbonyl (C=O) groups excluding carboxylic acids is 1. The second-order valence-electron chi connectivity index (χ2n) is 2.20. The van der Waals surface area contributed by atoms with Gasteiger partial charge in [-0.2, -0.15) is 21.0 Å². The molecule has 0 aromatic rings. The maximum atomic E-state index is 10.7. The van der Waals surface area contributed by atoms with Crippen molar-refractivity contribution in [3.8, 4) is 0 Å². The van der Waals surface area contributed by atoms with E-state index in [1.54, 1.807) is 0 Å². The molecule has 0 amide bonds. The van der Waals surface area contributed by atoms with Crippen molar-refractivity contribution in [2.75, 3.05) is 0 Å². The molecule has 0 radical (unpaired) electrons. The van der Waals surface area contributed by atoms with Crippen LogP contribution in [0.4, 0.5) is 0 Å². The molecule has 2 unspecified atom stereocenters. The van der Waals surface area contributed by atoms with Crippen LogP contribution >= 0.6 is 12.6 Å². The fraction of sp³-hybridized carbons (Fsp3) is 0.800. The smallest absolute Gasteiger partial charge is 0.319 e. The lowest BCUT2D eigenvalue weighted by molar-refractivity contribution is -0.144. The molecule has 2 atom stereocenters. The Hall–Kier alpha value is -0.270. The van der Waals surface area contributed by atoms with Gasteiger partial charge < -0.3 is 4.74 Å². The van der Waals surface area contributed by atoms with Gasteiger partial charge in [-0.15, -0.1) is 0 Å². The van der Waals surface area contributed by atoms with Gasteiger partial charge in [0.05, 0.1) is 5.25 Å². The van der Waals surface area contributed by atoms with Gasteiger partial charge in [0.25, 0.3) is 0 Å². The van der Waals surface area contributed by atoms with E-state index in [0.717, 1.165) is 6.92 Å². The lowest BCUT2D eigenvalue weighted by Gasteiger charge is -2.10. The molecule has 12 heavy (non-hydrogen) atoms. The molecule has 0 aliphatic rings. The molecule has 0 spiro atoms. The molecule has 1 N–H and O–H groups in total. The summed E-state index contributed by atoms with van der Waals surface area (Å²) in [5, 5.41) is -0.714. The van der Waals surface area contributed by atoms with Crippen molar-refractivity contribution in [3.63, 3.8) is 0 Å². The zero-order valence-corrected chi connectivity index (χ0v) is 8.30. The van der Waals surface area contributed by atoms with E-state index in [9.17, 15) is 13.2 Å². The summed E-state index contributed by atoms with van der Waals surface area (Å²) >= 11 is 3.71. The van der Waals surface area contributed by atoms with E-state index >= 15 is 0 Å². The molecular formula is C5H10O5S2. The zero-order chi connectivity index (χ0) is 9.94. The third kappa shape index (κ3) is 3.93. The fourth-order valence-corrected chi connectivity index (χ4v) is 0.600. The first-order chi connectivity index (χ1) is 5.25. The molecule has 0 fully saturated rings. The van der Waals surface area contributed by atoms with Crippen molar-refractivity contribution in [1.29, 1.82) is 0 Å². The number of esters is 1. The lowest BCUT2D eigenvalue weighted by Crippen LogP contribution is -2.27. The topological polar surface area (TPSA) is 80.7 Å². The average Bonchev–Trinajstić information content (AvgIpc) is 1.85. The average molecular weight is 214 g/mol. The molecule has 0 rings (SSSR count). The first kappa shape index (κ1) is 11.7. The first-order valence-corrected chi connectivity index (χ1v) is 5.12. The number of thiol groups is 1. The molecule has 0 aromatic carbocycles. The van der Waals surface area contributed by atoms with Crippen molar-refractivity contribution >= 4 is 28.7 Å². The summed E-state index contributed by atoms with van der Waals surface area (Å²) in [5.74, 6) is -0.788. The van der Waals surface area contributed by atoms with E-state index in [4.69, 9.17) is 4.55 Å². The zero-order valence-electron chi connectivity index (χ0n) is 6.59. The molecule has 0 aliphatic carbocycles. The molecule has 0 aromatic heterocycles. The summed E-state index contributed by atoms with van der Waals surface area (Å²) in [5.41, 5.74) is -1.54. The molecule has 0 bridgehead atoms. The van der Waals surface area contributed by atoms with Gasteiger partial charge in [-0.3, -0.25) is 9.35 Å². The standard InChI is InChI=1S/C5H10O5S2/c1-3(11)5(6)10-4(2)12(7,8)9/h3-4,11H,1-2H3,(H,7,8,9). The van der Waals surface area contributed by atoms with Crippen LogP contribution in [0.15, 0.2) is 0 Å². The summed E-state index contributed by atoms with van der Waals surface area (Å²) in [6.45, 7) is 2.49. The van der Waals surface area contributed by atoms with Crippen molar-refractivity contribution < 1.29 is 22.5 Å². The highest BCUT2D eigenvalue weighted by molar-refractivity contribution is 7.86. The number of hydrogen-bond donors (Lipinski definition) is 2. The van der Waals surface area contributed by atoms with Crippen molar-refractivity contribution in [2.45, 2.75) is 24.5 Å². The number of hydrogen-bond acceptors (Lipinski definition) is 5. The predicted molar refractivity (Wildman–Crippen MR) is 45.6 cm³/mol. The summed E-state index contributed by atoms with van der Waals surface area (Å²) in [4.78, 5) is 10.7. The van der Waals surface area contributed by atoms with Gasteiger partial charge in [-0.25, -0.2) is 0 Å². The van der Waals surface area contributed by atoms with E-state index in [1.807, 2.05) is 0 Å². The largest absolute Gasteiger partial charge is 0.443 e. The molecule has 72 valence electrons. The second kappa shape index (κ2) is 4.11. The van der Waals surface area contributed by atoms with Gasteiger partial charge >= 0.3 is 16.1 Å². The lowest BCUT2D eigenvalue weighted by atomic mass is 10.5. The van der Waals surface area contributed by atoms with Crippen LogP contribution in [0.5, 0.6) is 0 Å². The Labute approximate surface area is 76.3 Å². The van der Waals surface area contributed by atoms with E-state index in [1.165, 1.54) is 6.92 Å². The first-order valence-electron chi connectivity index (χ1n) is 3.10. The summed E-state index contributed by atoms with van der Waals surface area (Å²) in [6.07, 6.45) is 0. The Morgan fingerprint density at radius 3 is 2.17 bits per heavy atom. The third-order valence-electron chi connectivity index (χ3n) is 1.04. The van der Waals surface area contributed by atoms with Crippen LogP contribution in [0.1, 0.15) is 13.8 Å².